The monoisotopic (exact) mass is 419 g/mol. The summed E-state index contributed by atoms with van der Waals surface area (Å²) in [5, 5.41) is 2.14. The molecule has 1 atom stereocenters. The molecule has 0 aliphatic rings. The molecule has 0 radical (unpaired) electrons. The molecule has 0 bridgehead atoms. The summed E-state index contributed by atoms with van der Waals surface area (Å²) in [5.41, 5.74) is 2.88. The highest BCUT2D eigenvalue weighted by Crippen LogP contribution is 2.25. The van der Waals surface area contributed by atoms with E-state index in [1.165, 1.54) is 24.3 Å². The fraction of sp³-hybridized carbons (Fsp3) is 0.364. The van der Waals surface area contributed by atoms with Gasteiger partial charge in [0, 0.05) is 44.1 Å². The Morgan fingerprint density at radius 3 is 2.34 bits per heavy atom. The van der Waals surface area contributed by atoms with Gasteiger partial charge in [0.1, 0.15) is 11.2 Å². The summed E-state index contributed by atoms with van der Waals surface area (Å²) in [6.07, 6.45) is 0.782. The number of nitrogens with zero attached hydrogens (tertiary/aromatic N) is 2. The highest BCUT2D eigenvalue weighted by Gasteiger charge is 2.19. The van der Waals surface area contributed by atoms with E-state index in [0.717, 1.165) is 17.7 Å². The summed E-state index contributed by atoms with van der Waals surface area (Å²) in [4.78, 5) is 28.6. The number of benzene rings is 2. The van der Waals surface area contributed by atoms with Gasteiger partial charge in [-0.2, -0.15) is 0 Å². The maximum absolute atomic E-state index is 13.2. The molecule has 1 N–H and O–H groups in total. The van der Waals surface area contributed by atoms with Gasteiger partial charge in [0.25, 0.3) is 5.91 Å². The van der Waals surface area contributed by atoms with Gasteiger partial charge in [-0.05, 0) is 61.4 Å². The molecule has 0 spiro atoms. The quantitative estimate of drug-likeness (QED) is 0.640. The number of anilines is 2. The molecule has 0 aromatic heterocycles. The van der Waals surface area contributed by atoms with Crippen LogP contribution in [0.15, 0.2) is 42.5 Å². The zero-order chi connectivity index (χ0) is 21.6. The van der Waals surface area contributed by atoms with Crippen molar-refractivity contribution in [3.8, 4) is 0 Å². The fourth-order valence-corrected chi connectivity index (χ4v) is 3.03. The maximum atomic E-state index is 13.2. The Hall–Kier alpha value is -2.60. The van der Waals surface area contributed by atoms with Crippen molar-refractivity contribution >= 4 is 34.8 Å². The minimum atomic E-state index is -0.649. The Kier molecular flexibility index (Phi) is 8.02. The minimum Gasteiger partial charge on any atom is -0.377 e. The van der Waals surface area contributed by atoms with E-state index in [4.69, 9.17) is 11.6 Å². The molecule has 0 fully saturated rings. The highest BCUT2D eigenvalue weighted by atomic mass is 35.5. The van der Waals surface area contributed by atoms with E-state index in [-0.39, 0.29) is 17.6 Å². The van der Waals surface area contributed by atoms with E-state index < -0.39 is 5.38 Å². The van der Waals surface area contributed by atoms with Crippen LogP contribution in [0.2, 0.25) is 0 Å². The minimum absolute atomic E-state index is 0.166. The van der Waals surface area contributed by atoms with Crippen molar-refractivity contribution in [1.82, 2.24) is 4.90 Å². The molecule has 0 saturated heterocycles. The molecule has 7 heteroatoms. The number of carbonyl (C=O) groups is 2. The number of hydrogen-bond donors (Lipinski definition) is 1. The number of hydrogen-bond acceptors (Lipinski definition) is 3. The molecule has 0 aliphatic heterocycles. The van der Waals surface area contributed by atoms with Crippen molar-refractivity contribution in [1.29, 1.82) is 0 Å². The summed E-state index contributed by atoms with van der Waals surface area (Å²) in [7, 11) is 3.84. The normalized spacial score (nSPS) is 11.7. The number of nitrogens with one attached hydrogen (secondary N) is 1. The van der Waals surface area contributed by atoms with Gasteiger partial charge in [-0.1, -0.05) is 6.92 Å². The van der Waals surface area contributed by atoms with Gasteiger partial charge in [-0.3, -0.25) is 9.59 Å². The molecule has 0 aliphatic carbocycles. The average Bonchev–Trinajstić information content (AvgIpc) is 2.67. The van der Waals surface area contributed by atoms with Crippen LogP contribution in [0.4, 0.5) is 15.8 Å². The number of alkyl halides is 1. The van der Waals surface area contributed by atoms with Crippen LogP contribution in [0.3, 0.4) is 0 Å². The molecule has 0 heterocycles. The summed E-state index contributed by atoms with van der Waals surface area (Å²) >= 11 is 5.85. The van der Waals surface area contributed by atoms with Gasteiger partial charge >= 0.3 is 0 Å². The van der Waals surface area contributed by atoms with E-state index in [0.29, 0.717) is 24.3 Å². The Morgan fingerprint density at radius 2 is 1.79 bits per heavy atom. The Morgan fingerprint density at radius 1 is 1.14 bits per heavy atom. The first kappa shape index (κ1) is 22.7. The zero-order valence-corrected chi connectivity index (χ0v) is 18.0. The third kappa shape index (κ3) is 6.19. The second-order valence-corrected chi connectivity index (χ2v) is 7.73. The van der Waals surface area contributed by atoms with Gasteiger partial charge in [0.05, 0.1) is 0 Å². The van der Waals surface area contributed by atoms with E-state index in [2.05, 4.69) is 5.32 Å². The third-order valence-electron chi connectivity index (χ3n) is 4.42. The van der Waals surface area contributed by atoms with Gasteiger partial charge in [0.15, 0.2) is 0 Å². The van der Waals surface area contributed by atoms with Crippen LogP contribution < -0.4 is 10.2 Å². The topological polar surface area (TPSA) is 52.7 Å². The van der Waals surface area contributed by atoms with Crippen molar-refractivity contribution in [2.24, 2.45) is 0 Å². The van der Waals surface area contributed by atoms with Gasteiger partial charge in [-0.25, -0.2) is 4.39 Å². The second-order valence-electron chi connectivity index (χ2n) is 7.08. The van der Waals surface area contributed by atoms with Crippen LogP contribution in [0, 0.1) is 5.82 Å². The first-order valence-electron chi connectivity index (χ1n) is 9.53. The Bertz CT molecular complexity index is 854. The lowest BCUT2D eigenvalue weighted by atomic mass is 10.1. The van der Waals surface area contributed by atoms with Crippen molar-refractivity contribution in [3.05, 3.63) is 59.4 Å². The predicted molar refractivity (Wildman–Crippen MR) is 116 cm³/mol. The van der Waals surface area contributed by atoms with Gasteiger partial charge < -0.3 is 15.1 Å². The smallest absolute Gasteiger partial charge is 0.254 e. The molecule has 2 rings (SSSR count). The Balaban J connectivity index is 2.34. The first-order valence-corrected chi connectivity index (χ1v) is 9.96. The standard InChI is InChI=1S/C22H27ClFN3O2/c1-5-12-27(22(29)16-6-8-18(24)9-7-16)14-17-13-19(25-21(28)15(2)23)10-11-20(17)26(3)4/h6-11,13,15H,5,12,14H2,1-4H3,(H,25,28)/t15-/m1/s1. The average molecular weight is 420 g/mol. The molecule has 5 nitrogen and oxygen atoms in total. The van der Waals surface area contributed by atoms with Gasteiger partial charge in [-0.15, -0.1) is 11.6 Å². The molecule has 156 valence electrons. The van der Waals surface area contributed by atoms with Gasteiger partial charge in [0.2, 0.25) is 5.91 Å². The van der Waals surface area contributed by atoms with Crippen molar-refractivity contribution < 1.29 is 14.0 Å². The van der Waals surface area contributed by atoms with E-state index >= 15 is 0 Å². The van der Waals surface area contributed by atoms with Crippen LogP contribution in [0.25, 0.3) is 0 Å². The lowest BCUT2D eigenvalue weighted by molar-refractivity contribution is -0.115. The Labute approximate surface area is 176 Å². The largest absolute Gasteiger partial charge is 0.377 e. The van der Waals surface area contributed by atoms with Crippen molar-refractivity contribution in [2.75, 3.05) is 30.9 Å². The number of carbonyl (C=O) groups excluding carboxylic acids is 2. The molecular weight excluding hydrogens is 393 g/mol. The molecule has 2 aromatic carbocycles. The molecule has 2 amide bonds. The van der Waals surface area contributed by atoms with Crippen molar-refractivity contribution in [3.63, 3.8) is 0 Å². The van der Waals surface area contributed by atoms with Crippen molar-refractivity contribution in [2.45, 2.75) is 32.2 Å². The molecule has 0 unspecified atom stereocenters. The number of halogens is 2. The number of rotatable bonds is 8. The fourth-order valence-electron chi connectivity index (χ4n) is 2.97. The number of amides is 2. The summed E-state index contributed by atoms with van der Waals surface area (Å²) in [6, 6.07) is 11.1. The second kappa shape index (κ2) is 10.3. The van der Waals surface area contributed by atoms with Crippen LogP contribution in [0.5, 0.6) is 0 Å². The first-order chi connectivity index (χ1) is 13.7. The summed E-state index contributed by atoms with van der Waals surface area (Å²) in [6.45, 7) is 4.52. The maximum Gasteiger partial charge on any atom is 0.254 e. The molecule has 2 aromatic rings. The van der Waals surface area contributed by atoms with E-state index in [1.807, 2.05) is 44.1 Å². The lowest BCUT2D eigenvalue weighted by Crippen LogP contribution is -2.32. The predicted octanol–water partition coefficient (Wildman–Crippen LogP) is 4.51. The van der Waals surface area contributed by atoms with E-state index in [9.17, 15) is 14.0 Å². The third-order valence-corrected chi connectivity index (χ3v) is 4.62. The summed E-state index contributed by atoms with van der Waals surface area (Å²) in [5.74, 6) is -0.834. The zero-order valence-electron chi connectivity index (χ0n) is 17.2. The highest BCUT2D eigenvalue weighted by molar-refractivity contribution is 6.32. The molecule has 0 saturated carbocycles. The van der Waals surface area contributed by atoms with E-state index in [1.54, 1.807) is 11.8 Å². The summed E-state index contributed by atoms with van der Waals surface area (Å²) < 4.78 is 13.2. The molecule has 29 heavy (non-hydrogen) atoms. The van der Waals surface area contributed by atoms with Crippen LogP contribution in [-0.4, -0.2) is 42.7 Å². The van der Waals surface area contributed by atoms with Crippen LogP contribution in [-0.2, 0) is 11.3 Å². The van der Waals surface area contributed by atoms with Crippen LogP contribution in [0.1, 0.15) is 36.2 Å². The lowest BCUT2D eigenvalue weighted by Gasteiger charge is -2.26. The molecular formula is C22H27ClFN3O2. The van der Waals surface area contributed by atoms with Crippen LogP contribution >= 0.6 is 11.6 Å². The SMILES string of the molecule is CCCN(Cc1cc(NC(=O)[C@@H](C)Cl)ccc1N(C)C)C(=O)c1ccc(F)cc1.